The zero-order chi connectivity index (χ0) is 18.7. The summed E-state index contributed by atoms with van der Waals surface area (Å²) in [7, 11) is 3.16. The van der Waals surface area contributed by atoms with Gasteiger partial charge < -0.3 is 18.9 Å². The molecule has 0 fully saturated rings. The Morgan fingerprint density at radius 1 is 1.31 bits per heavy atom. The monoisotopic (exact) mass is 356 g/mol. The van der Waals surface area contributed by atoms with Crippen LogP contribution in [0.25, 0.3) is 0 Å². The number of fused-ring (bicyclic) bond motifs is 1. The van der Waals surface area contributed by atoms with Crippen LogP contribution in [-0.4, -0.2) is 32.4 Å². The van der Waals surface area contributed by atoms with Crippen molar-refractivity contribution in [3.63, 3.8) is 0 Å². The normalized spacial score (nSPS) is 22.5. The van der Waals surface area contributed by atoms with Crippen LogP contribution in [0.1, 0.15) is 18.9 Å². The summed E-state index contributed by atoms with van der Waals surface area (Å²) in [4.78, 5) is 12.6. The Morgan fingerprint density at radius 3 is 2.77 bits per heavy atom. The molecule has 0 saturated carbocycles. The van der Waals surface area contributed by atoms with E-state index in [4.69, 9.17) is 18.9 Å². The molecule has 1 heterocycles. The molecule has 5 nitrogen and oxygen atoms in total. The lowest BCUT2D eigenvalue weighted by atomic mass is 9.81. The molecular weight excluding hydrogens is 332 g/mol. The second-order valence-corrected chi connectivity index (χ2v) is 6.56. The third-order valence-electron chi connectivity index (χ3n) is 4.89. The van der Waals surface area contributed by atoms with Gasteiger partial charge >= 0.3 is 0 Å². The lowest BCUT2D eigenvalue weighted by Gasteiger charge is -2.34. The molecule has 1 aliphatic heterocycles. The van der Waals surface area contributed by atoms with Crippen LogP contribution in [-0.2, 0) is 20.7 Å². The van der Waals surface area contributed by atoms with Crippen LogP contribution >= 0.6 is 0 Å². The number of methoxy groups -OCH3 is 2. The Hall–Kier alpha value is -2.53. The molecule has 0 radical (unpaired) electrons. The number of ether oxygens (including phenoxy) is 4. The van der Waals surface area contributed by atoms with Crippen LogP contribution in [0.15, 0.2) is 54.3 Å². The predicted molar refractivity (Wildman–Crippen MR) is 98.2 cm³/mol. The summed E-state index contributed by atoms with van der Waals surface area (Å²) >= 11 is 0. The highest BCUT2D eigenvalue weighted by Crippen LogP contribution is 2.37. The molecule has 1 aliphatic carbocycles. The molecule has 0 aromatic heterocycles. The topological polar surface area (TPSA) is 54.0 Å². The van der Waals surface area contributed by atoms with Gasteiger partial charge in [-0.15, -0.1) is 6.58 Å². The molecule has 0 bridgehead atoms. The Balaban J connectivity index is 1.86. The lowest BCUT2D eigenvalue weighted by molar-refractivity contribution is -0.112. The minimum Gasteiger partial charge on any atom is -0.498 e. The molecule has 1 aromatic carbocycles. The van der Waals surface area contributed by atoms with Gasteiger partial charge in [-0.3, -0.25) is 4.79 Å². The van der Waals surface area contributed by atoms with Gasteiger partial charge in [-0.1, -0.05) is 19.1 Å². The fourth-order valence-corrected chi connectivity index (χ4v) is 3.48. The van der Waals surface area contributed by atoms with Crippen molar-refractivity contribution in [3.8, 4) is 11.5 Å². The summed E-state index contributed by atoms with van der Waals surface area (Å²) in [6.07, 6.45) is 6.41. The summed E-state index contributed by atoms with van der Waals surface area (Å²) < 4.78 is 21.9. The number of hydrogen-bond acceptors (Lipinski definition) is 5. The molecule has 0 N–H and O–H groups in total. The molecule has 2 atom stereocenters. The summed E-state index contributed by atoms with van der Waals surface area (Å²) in [5, 5.41) is 0. The van der Waals surface area contributed by atoms with Gasteiger partial charge in [0.1, 0.15) is 11.4 Å². The third-order valence-corrected chi connectivity index (χ3v) is 4.89. The van der Waals surface area contributed by atoms with Crippen LogP contribution in [0.5, 0.6) is 11.5 Å². The summed E-state index contributed by atoms with van der Waals surface area (Å²) in [5.41, 5.74) is 1.01. The average Bonchev–Trinajstić information content (AvgIpc) is 3.10. The van der Waals surface area contributed by atoms with Gasteiger partial charge in [0.05, 0.1) is 7.11 Å². The maximum absolute atomic E-state index is 12.6. The SMILES string of the molecule is C=CCC1(OC)C=C(C(C)Cc2ccc3c(c2)OCO3)C(=O)C=C1OC. The minimum absolute atomic E-state index is 0.0110. The van der Waals surface area contributed by atoms with Crippen molar-refractivity contribution >= 4 is 5.78 Å². The Bertz CT molecular complexity index is 777. The van der Waals surface area contributed by atoms with Gasteiger partial charge in [-0.2, -0.15) is 0 Å². The number of allylic oxidation sites excluding steroid dienone is 2. The van der Waals surface area contributed by atoms with E-state index in [0.29, 0.717) is 24.2 Å². The van der Waals surface area contributed by atoms with E-state index in [-0.39, 0.29) is 18.5 Å². The lowest BCUT2D eigenvalue weighted by Crippen LogP contribution is -2.37. The van der Waals surface area contributed by atoms with Gasteiger partial charge in [0, 0.05) is 25.2 Å². The number of carbonyl (C=O) groups excluding carboxylic acids is 1. The Kier molecular flexibility index (Phi) is 5.18. The first kappa shape index (κ1) is 18.3. The van der Waals surface area contributed by atoms with E-state index in [1.54, 1.807) is 20.3 Å². The van der Waals surface area contributed by atoms with Gasteiger partial charge in [-0.05, 0) is 36.1 Å². The number of rotatable bonds is 7. The second-order valence-electron chi connectivity index (χ2n) is 6.56. The maximum atomic E-state index is 12.6. The van der Waals surface area contributed by atoms with Crippen molar-refractivity contribution < 1.29 is 23.7 Å². The highest BCUT2D eigenvalue weighted by atomic mass is 16.7. The number of ketones is 1. The van der Waals surface area contributed by atoms with E-state index >= 15 is 0 Å². The second kappa shape index (κ2) is 7.38. The number of carbonyl (C=O) groups is 1. The smallest absolute Gasteiger partial charge is 0.231 e. The van der Waals surface area contributed by atoms with Gasteiger partial charge in [0.15, 0.2) is 17.3 Å². The van der Waals surface area contributed by atoms with Crippen LogP contribution in [0.4, 0.5) is 0 Å². The van der Waals surface area contributed by atoms with E-state index in [1.807, 2.05) is 31.2 Å². The van der Waals surface area contributed by atoms with E-state index in [0.717, 1.165) is 17.1 Å². The van der Waals surface area contributed by atoms with Crippen LogP contribution in [0, 0.1) is 5.92 Å². The molecule has 138 valence electrons. The van der Waals surface area contributed by atoms with Crippen LogP contribution in [0.3, 0.4) is 0 Å². The standard InChI is InChI=1S/C21H24O5/c1-5-8-21(24-4)12-16(17(22)11-20(21)23-3)14(2)9-15-6-7-18-19(10-15)26-13-25-18/h5-7,10-12,14H,1,8-9,13H2,2-4H3. The van der Waals surface area contributed by atoms with Gasteiger partial charge in [-0.25, -0.2) is 0 Å². The average molecular weight is 356 g/mol. The zero-order valence-electron chi connectivity index (χ0n) is 15.4. The van der Waals surface area contributed by atoms with Gasteiger partial charge in [0.2, 0.25) is 6.79 Å². The molecule has 2 unspecified atom stereocenters. The molecule has 0 amide bonds. The van der Waals surface area contributed by atoms with Crippen molar-refractivity contribution in [3.05, 3.63) is 59.9 Å². The number of hydrogen-bond donors (Lipinski definition) is 0. The predicted octanol–water partition coefficient (Wildman–Crippen LogP) is 3.59. The van der Waals surface area contributed by atoms with Crippen molar-refractivity contribution in [2.75, 3.05) is 21.0 Å². The maximum Gasteiger partial charge on any atom is 0.231 e. The van der Waals surface area contributed by atoms with E-state index in [1.165, 1.54) is 6.08 Å². The Morgan fingerprint density at radius 2 is 2.08 bits per heavy atom. The largest absolute Gasteiger partial charge is 0.498 e. The molecule has 0 saturated heterocycles. The van der Waals surface area contributed by atoms with E-state index in [9.17, 15) is 4.79 Å². The van der Waals surface area contributed by atoms with Crippen molar-refractivity contribution in [1.82, 2.24) is 0 Å². The first-order valence-corrected chi connectivity index (χ1v) is 8.61. The highest BCUT2D eigenvalue weighted by Gasteiger charge is 2.38. The first-order valence-electron chi connectivity index (χ1n) is 8.61. The quantitative estimate of drug-likeness (QED) is 0.699. The van der Waals surface area contributed by atoms with Crippen LogP contribution < -0.4 is 9.47 Å². The fourth-order valence-electron chi connectivity index (χ4n) is 3.48. The zero-order valence-corrected chi connectivity index (χ0v) is 15.4. The third kappa shape index (κ3) is 3.27. The highest BCUT2D eigenvalue weighted by molar-refractivity contribution is 6.06. The van der Waals surface area contributed by atoms with E-state index in [2.05, 4.69) is 6.58 Å². The number of benzene rings is 1. The van der Waals surface area contributed by atoms with Crippen molar-refractivity contribution in [2.24, 2.45) is 5.92 Å². The summed E-state index contributed by atoms with van der Waals surface area (Å²) in [6, 6.07) is 5.87. The summed E-state index contributed by atoms with van der Waals surface area (Å²) in [6.45, 7) is 6.09. The van der Waals surface area contributed by atoms with Crippen molar-refractivity contribution in [1.29, 1.82) is 0 Å². The molecule has 3 rings (SSSR count). The fraction of sp³-hybridized carbons (Fsp3) is 0.381. The first-order chi connectivity index (χ1) is 12.5. The Labute approximate surface area is 153 Å². The molecule has 0 spiro atoms. The van der Waals surface area contributed by atoms with Crippen molar-refractivity contribution in [2.45, 2.75) is 25.4 Å². The van der Waals surface area contributed by atoms with Gasteiger partial charge in [0.25, 0.3) is 0 Å². The van der Waals surface area contributed by atoms with E-state index < -0.39 is 5.60 Å². The molecule has 2 aliphatic rings. The molecule has 1 aromatic rings. The molecule has 26 heavy (non-hydrogen) atoms. The minimum atomic E-state index is -0.789. The molecule has 5 heteroatoms. The molecular formula is C21H24O5. The van der Waals surface area contributed by atoms with Crippen LogP contribution in [0.2, 0.25) is 0 Å². The summed E-state index contributed by atoms with van der Waals surface area (Å²) in [5.74, 6) is 1.97.